The van der Waals surface area contributed by atoms with Crippen molar-refractivity contribution in [3.05, 3.63) is 82.8 Å². The predicted molar refractivity (Wildman–Crippen MR) is 111 cm³/mol. The Labute approximate surface area is 167 Å². The molecule has 0 fully saturated rings. The normalized spacial score (nSPS) is 10.9. The van der Waals surface area contributed by atoms with Gasteiger partial charge in [-0.3, -0.25) is 24.1 Å². The topological polar surface area (TPSA) is 92.7 Å². The summed E-state index contributed by atoms with van der Waals surface area (Å²) >= 11 is 0. The molecule has 0 atom stereocenters. The molecule has 146 valence electrons. The van der Waals surface area contributed by atoms with Crippen LogP contribution in [0, 0.1) is 0 Å². The third kappa shape index (κ3) is 3.94. The number of hydrogen-bond acceptors (Lipinski definition) is 4. The first-order valence-electron chi connectivity index (χ1n) is 9.48. The predicted octanol–water partition coefficient (Wildman–Crippen LogP) is 2.67. The maximum Gasteiger partial charge on any atom is 0.273 e. The Morgan fingerprint density at radius 3 is 2.76 bits per heavy atom. The van der Waals surface area contributed by atoms with E-state index in [9.17, 15) is 9.59 Å². The fraction of sp³-hybridized carbons (Fsp3) is 0.182. The molecule has 0 aliphatic carbocycles. The molecule has 0 unspecified atom stereocenters. The molecule has 7 nitrogen and oxygen atoms in total. The number of aromatic nitrogens is 4. The van der Waals surface area contributed by atoms with Crippen molar-refractivity contribution in [2.75, 3.05) is 0 Å². The number of hydrogen-bond donors (Lipinski definition) is 2. The zero-order valence-electron chi connectivity index (χ0n) is 16.1. The first kappa shape index (κ1) is 18.6. The summed E-state index contributed by atoms with van der Waals surface area (Å²) in [6.45, 7) is 2.15. The highest BCUT2D eigenvalue weighted by Crippen LogP contribution is 2.17. The molecule has 1 aromatic carbocycles. The lowest BCUT2D eigenvalue weighted by Gasteiger charge is -2.14. The van der Waals surface area contributed by atoms with Gasteiger partial charge in [0.25, 0.3) is 5.56 Å². The largest absolute Gasteiger partial charge is 0.357 e. The van der Waals surface area contributed by atoms with E-state index < -0.39 is 0 Å². The van der Waals surface area contributed by atoms with E-state index in [2.05, 4.69) is 20.3 Å². The monoisotopic (exact) mass is 387 g/mol. The molecule has 0 bridgehead atoms. The van der Waals surface area contributed by atoms with E-state index in [1.54, 1.807) is 18.6 Å². The first-order chi connectivity index (χ1) is 14.2. The molecular weight excluding hydrogens is 366 g/mol. The lowest BCUT2D eigenvalue weighted by molar-refractivity contribution is -0.121. The second kappa shape index (κ2) is 8.10. The Balaban J connectivity index is 1.56. The number of amides is 1. The number of aromatic amines is 1. The van der Waals surface area contributed by atoms with Crippen LogP contribution in [0.4, 0.5) is 0 Å². The van der Waals surface area contributed by atoms with Crippen molar-refractivity contribution in [2.24, 2.45) is 0 Å². The van der Waals surface area contributed by atoms with Crippen LogP contribution >= 0.6 is 0 Å². The SMILES string of the molecule is CCc1ncc(-c2ccccc2)n(CC(=O)NCc2cc3cnccc3[nH]2)c1=O. The van der Waals surface area contributed by atoms with Crippen LogP contribution in [-0.4, -0.2) is 25.4 Å². The lowest BCUT2D eigenvalue weighted by atomic mass is 10.1. The molecule has 0 spiro atoms. The summed E-state index contributed by atoms with van der Waals surface area (Å²) in [5.74, 6) is -0.241. The molecule has 2 N–H and O–H groups in total. The van der Waals surface area contributed by atoms with Gasteiger partial charge in [0.1, 0.15) is 12.2 Å². The van der Waals surface area contributed by atoms with E-state index >= 15 is 0 Å². The zero-order valence-corrected chi connectivity index (χ0v) is 16.1. The minimum absolute atomic E-state index is 0.0691. The number of nitrogens with zero attached hydrogens (tertiary/aromatic N) is 3. The number of fused-ring (bicyclic) bond motifs is 1. The average molecular weight is 387 g/mol. The van der Waals surface area contributed by atoms with E-state index in [-0.39, 0.29) is 18.0 Å². The number of benzene rings is 1. The number of rotatable bonds is 6. The van der Waals surface area contributed by atoms with Gasteiger partial charge >= 0.3 is 0 Å². The molecule has 4 aromatic rings. The molecule has 0 aliphatic heterocycles. The molecule has 0 saturated carbocycles. The highest BCUT2D eigenvalue weighted by atomic mass is 16.2. The molecule has 0 aliphatic rings. The van der Waals surface area contributed by atoms with Crippen molar-refractivity contribution in [3.63, 3.8) is 0 Å². The standard InChI is InChI=1S/C22H21N5O2/c1-2-18-22(29)27(20(13-24-18)15-6-4-3-5-7-15)14-21(28)25-12-17-10-16-11-23-9-8-19(16)26-17/h3-11,13,26H,2,12,14H2,1H3,(H,25,28). The minimum Gasteiger partial charge on any atom is -0.357 e. The average Bonchev–Trinajstić information content (AvgIpc) is 3.17. The second-order valence-corrected chi connectivity index (χ2v) is 6.74. The number of carbonyl (C=O) groups is 1. The third-order valence-corrected chi connectivity index (χ3v) is 4.78. The second-order valence-electron chi connectivity index (χ2n) is 6.74. The summed E-state index contributed by atoms with van der Waals surface area (Å²) in [5.41, 5.74) is 3.52. The number of nitrogens with one attached hydrogen (secondary N) is 2. The van der Waals surface area contributed by atoms with Crippen molar-refractivity contribution >= 4 is 16.8 Å². The van der Waals surface area contributed by atoms with Gasteiger partial charge in [0.2, 0.25) is 5.91 Å². The molecule has 0 radical (unpaired) electrons. The number of aryl methyl sites for hydroxylation is 1. The van der Waals surface area contributed by atoms with Crippen molar-refractivity contribution in [3.8, 4) is 11.3 Å². The number of carbonyl (C=O) groups excluding carboxylic acids is 1. The Bertz CT molecular complexity index is 1180. The minimum atomic E-state index is -0.241. The van der Waals surface area contributed by atoms with Gasteiger partial charge in [-0.25, -0.2) is 0 Å². The molecule has 1 amide bonds. The Morgan fingerprint density at radius 2 is 2.00 bits per heavy atom. The van der Waals surface area contributed by atoms with Crippen LogP contribution in [-0.2, 0) is 24.3 Å². The zero-order chi connectivity index (χ0) is 20.2. The van der Waals surface area contributed by atoms with Gasteiger partial charge in [-0.15, -0.1) is 0 Å². The Hall–Kier alpha value is -3.74. The molecule has 0 saturated heterocycles. The summed E-state index contributed by atoms with van der Waals surface area (Å²) < 4.78 is 1.49. The van der Waals surface area contributed by atoms with E-state index in [4.69, 9.17) is 0 Å². The third-order valence-electron chi connectivity index (χ3n) is 4.78. The maximum absolute atomic E-state index is 12.8. The van der Waals surface area contributed by atoms with Gasteiger partial charge < -0.3 is 10.3 Å². The lowest BCUT2D eigenvalue weighted by Crippen LogP contribution is -2.34. The molecular formula is C22H21N5O2. The summed E-state index contributed by atoms with van der Waals surface area (Å²) in [5, 5.41) is 3.87. The Morgan fingerprint density at radius 1 is 1.17 bits per heavy atom. The molecule has 7 heteroatoms. The fourth-order valence-corrected chi connectivity index (χ4v) is 3.29. The van der Waals surface area contributed by atoms with Crippen LogP contribution in [0.5, 0.6) is 0 Å². The van der Waals surface area contributed by atoms with Crippen LogP contribution in [0.15, 0.2) is 65.8 Å². The first-order valence-corrected chi connectivity index (χ1v) is 9.48. The van der Waals surface area contributed by atoms with Crippen molar-refractivity contribution < 1.29 is 4.79 Å². The van der Waals surface area contributed by atoms with Gasteiger partial charge in [-0.2, -0.15) is 0 Å². The van der Waals surface area contributed by atoms with Gasteiger partial charge in [0, 0.05) is 29.0 Å². The van der Waals surface area contributed by atoms with Gasteiger partial charge in [-0.1, -0.05) is 37.3 Å². The molecule has 3 heterocycles. The van der Waals surface area contributed by atoms with E-state index in [0.29, 0.717) is 24.4 Å². The number of H-pyrrole nitrogens is 1. The van der Waals surface area contributed by atoms with Crippen LogP contribution in [0.1, 0.15) is 18.3 Å². The van der Waals surface area contributed by atoms with Gasteiger partial charge in [-0.05, 0) is 24.1 Å². The summed E-state index contributed by atoms with van der Waals surface area (Å²) in [6, 6.07) is 13.3. The van der Waals surface area contributed by atoms with Crippen molar-refractivity contribution in [2.45, 2.75) is 26.4 Å². The smallest absolute Gasteiger partial charge is 0.273 e. The number of pyridine rings is 1. The van der Waals surface area contributed by atoms with E-state index in [1.807, 2.05) is 49.4 Å². The van der Waals surface area contributed by atoms with Crippen LogP contribution < -0.4 is 10.9 Å². The van der Waals surface area contributed by atoms with Gasteiger partial charge in [0.05, 0.1) is 18.4 Å². The van der Waals surface area contributed by atoms with Crippen LogP contribution in [0.25, 0.3) is 22.2 Å². The van der Waals surface area contributed by atoms with Crippen molar-refractivity contribution in [1.82, 2.24) is 24.8 Å². The Kier molecular flexibility index (Phi) is 5.20. The highest BCUT2D eigenvalue weighted by Gasteiger charge is 2.14. The van der Waals surface area contributed by atoms with E-state index in [1.165, 1.54) is 4.57 Å². The summed E-state index contributed by atoms with van der Waals surface area (Å²) in [6.07, 6.45) is 5.66. The molecule has 3 aromatic heterocycles. The summed E-state index contributed by atoms with van der Waals surface area (Å²) in [4.78, 5) is 37.1. The molecule has 4 rings (SSSR count). The quantitative estimate of drug-likeness (QED) is 0.532. The summed E-state index contributed by atoms with van der Waals surface area (Å²) in [7, 11) is 0. The van der Waals surface area contributed by atoms with Crippen molar-refractivity contribution in [1.29, 1.82) is 0 Å². The maximum atomic E-state index is 12.8. The highest BCUT2D eigenvalue weighted by molar-refractivity contribution is 5.80. The van der Waals surface area contributed by atoms with Crippen LogP contribution in [0.2, 0.25) is 0 Å². The van der Waals surface area contributed by atoms with E-state index in [0.717, 1.165) is 22.2 Å². The van der Waals surface area contributed by atoms with Crippen LogP contribution in [0.3, 0.4) is 0 Å². The molecule has 29 heavy (non-hydrogen) atoms. The fourth-order valence-electron chi connectivity index (χ4n) is 3.29. The van der Waals surface area contributed by atoms with Gasteiger partial charge in [0.15, 0.2) is 0 Å².